The van der Waals surface area contributed by atoms with Crippen molar-refractivity contribution in [3.63, 3.8) is 0 Å². The topological polar surface area (TPSA) is 41.5 Å². The third-order valence-electron chi connectivity index (χ3n) is 6.92. The first-order chi connectivity index (χ1) is 16.0. The van der Waals surface area contributed by atoms with Crippen LogP contribution in [-0.2, 0) is 10.2 Å². The minimum absolute atomic E-state index is 0.0317. The number of benzene rings is 4. The molecule has 0 bridgehead atoms. The molecule has 3 heteroatoms. The molecule has 0 heterocycles. The van der Waals surface area contributed by atoms with Gasteiger partial charge in [0.05, 0.1) is 11.6 Å². The highest BCUT2D eigenvalue weighted by molar-refractivity contribution is 6.10. The molecule has 0 aromatic heterocycles. The number of aryl methyl sites for hydroxylation is 2. The highest BCUT2D eigenvalue weighted by atomic mass is 16.2. The molecule has 1 amide bonds. The van der Waals surface area contributed by atoms with E-state index in [1.54, 1.807) is 0 Å². The van der Waals surface area contributed by atoms with Crippen molar-refractivity contribution in [1.82, 2.24) is 5.43 Å². The smallest absolute Gasteiger partial charge is 0.244 e. The van der Waals surface area contributed by atoms with E-state index in [1.165, 1.54) is 22.3 Å². The third-order valence-corrected chi connectivity index (χ3v) is 6.92. The van der Waals surface area contributed by atoms with Gasteiger partial charge >= 0.3 is 0 Å². The highest BCUT2D eigenvalue weighted by Gasteiger charge is 2.60. The normalized spacial score (nSPS) is 17.1. The minimum atomic E-state index is -0.297. The minimum Gasteiger partial charge on any atom is -0.273 e. The van der Waals surface area contributed by atoms with Crippen molar-refractivity contribution >= 4 is 22.4 Å². The van der Waals surface area contributed by atoms with E-state index >= 15 is 0 Å². The maximum Gasteiger partial charge on any atom is 0.244 e. The van der Waals surface area contributed by atoms with Crippen molar-refractivity contribution in [1.29, 1.82) is 0 Å². The van der Waals surface area contributed by atoms with Crippen molar-refractivity contribution in [2.75, 3.05) is 0 Å². The van der Waals surface area contributed by atoms with E-state index in [0.717, 1.165) is 28.5 Å². The largest absolute Gasteiger partial charge is 0.273 e. The molecule has 4 aromatic rings. The van der Waals surface area contributed by atoms with Gasteiger partial charge in [0.25, 0.3) is 0 Å². The second-order valence-electron chi connectivity index (χ2n) is 9.16. The molecule has 1 aliphatic rings. The Bertz CT molecular complexity index is 1300. The average molecular weight is 433 g/mol. The van der Waals surface area contributed by atoms with Gasteiger partial charge in [-0.05, 0) is 49.1 Å². The van der Waals surface area contributed by atoms with Crippen LogP contribution in [0, 0.1) is 19.8 Å². The molecule has 5 rings (SSSR count). The van der Waals surface area contributed by atoms with Crippen LogP contribution in [0.3, 0.4) is 0 Å². The molecule has 1 N–H and O–H groups in total. The molecule has 1 unspecified atom stereocenters. The second-order valence-corrected chi connectivity index (χ2v) is 9.16. The average Bonchev–Trinajstić information content (AvgIpc) is 3.60. The monoisotopic (exact) mass is 432 g/mol. The molecule has 164 valence electrons. The Morgan fingerprint density at radius 3 is 2.03 bits per heavy atom. The van der Waals surface area contributed by atoms with Gasteiger partial charge in [0.1, 0.15) is 0 Å². The van der Waals surface area contributed by atoms with Gasteiger partial charge in [-0.15, -0.1) is 0 Å². The number of hydrogen-bond donors (Lipinski definition) is 1. The van der Waals surface area contributed by atoms with Crippen molar-refractivity contribution < 1.29 is 4.79 Å². The Morgan fingerprint density at radius 2 is 1.39 bits per heavy atom. The Balaban J connectivity index is 1.43. The Labute approximate surface area is 195 Å². The number of carbonyl (C=O) groups is 1. The summed E-state index contributed by atoms with van der Waals surface area (Å²) in [5, 5.41) is 6.80. The predicted molar refractivity (Wildman–Crippen MR) is 136 cm³/mol. The molecule has 1 atom stereocenters. The maximum absolute atomic E-state index is 13.3. The molecular weight excluding hydrogens is 404 g/mol. The van der Waals surface area contributed by atoms with Crippen LogP contribution in [0.1, 0.15) is 41.2 Å². The van der Waals surface area contributed by atoms with E-state index in [1.807, 2.05) is 31.2 Å². The first-order valence-electron chi connectivity index (χ1n) is 11.5. The number of hydrazone groups is 1. The lowest BCUT2D eigenvalue weighted by Gasteiger charge is -2.19. The number of rotatable bonds is 5. The van der Waals surface area contributed by atoms with Gasteiger partial charge in [-0.25, -0.2) is 5.43 Å². The zero-order valence-corrected chi connectivity index (χ0v) is 19.3. The molecule has 4 aromatic carbocycles. The third kappa shape index (κ3) is 3.84. The Morgan fingerprint density at radius 1 is 0.818 bits per heavy atom. The summed E-state index contributed by atoms with van der Waals surface area (Å²) in [6, 6.07) is 31.5. The highest BCUT2D eigenvalue weighted by Crippen LogP contribution is 2.59. The Hall–Kier alpha value is -3.72. The molecule has 1 fully saturated rings. The van der Waals surface area contributed by atoms with E-state index in [2.05, 4.69) is 91.1 Å². The van der Waals surface area contributed by atoms with Crippen LogP contribution in [0.4, 0.5) is 0 Å². The fraction of sp³-hybridized carbons (Fsp3) is 0.200. The zero-order valence-electron chi connectivity index (χ0n) is 19.3. The lowest BCUT2D eigenvalue weighted by Crippen LogP contribution is -2.26. The SMILES string of the molecule is CC(=NNC(=O)C1CC1(c1ccc(C)cc1)c1ccc(C)cc1)c1cccc2ccccc12. The number of fused-ring (bicyclic) bond motifs is 1. The summed E-state index contributed by atoms with van der Waals surface area (Å²) in [4.78, 5) is 13.3. The molecular formula is C30H28N2O. The van der Waals surface area contributed by atoms with Gasteiger partial charge in [-0.3, -0.25) is 4.79 Å². The van der Waals surface area contributed by atoms with Gasteiger partial charge < -0.3 is 0 Å². The molecule has 3 nitrogen and oxygen atoms in total. The lowest BCUT2D eigenvalue weighted by atomic mass is 9.85. The number of carbonyl (C=O) groups excluding carboxylic acids is 1. The van der Waals surface area contributed by atoms with Crippen LogP contribution < -0.4 is 5.43 Å². The van der Waals surface area contributed by atoms with Crippen molar-refractivity contribution in [2.24, 2.45) is 11.0 Å². The predicted octanol–water partition coefficient (Wildman–Crippen LogP) is 6.30. The van der Waals surface area contributed by atoms with Gasteiger partial charge in [-0.1, -0.05) is 102 Å². The molecule has 1 saturated carbocycles. The van der Waals surface area contributed by atoms with E-state index in [-0.39, 0.29) is 17.2 Å². The standard InChI is InChI=1S/C30H28N2O/c1-20-11-15-24(16-12-20)30(25-17-13-21(2)14-18-25)19-28(30)29(33)32-31-22(3)26-10-6-8-23-7-4-5-9-27(23)26/h4-18,28H,19H2,1-3H3,(H,32,33). The van der Waals surface area contributed by atoms with E-state index in [9.17, 15) is 4.79 Å². The fourth-order valence-corrected chi connectivity index (χ4v) is 4.90. The quantitative estimate of drug-likeness (QED) is 0.292. The first-order valence-corrected chi connectivity index (χ1v) is 11.5. The molecule has 1 aliphatic carbocycles. The van der Waals surface area contributed by atoms with Gasteiger partial charge in [-0.2, -0.15) is 5.10 Å². The molecule has 0 aliphatic heterocycles. The summed E-state index contributed by atoms with van der Waals surface area (Å²) in [6.45, 7) is 6.12. The van der Waals surface area contributed by atoms with Crippen LogP contribution in [0.2, 0.25) is 0 Å². The van der Waals surface area contributed by atoms with E-state index in [4.69, 9.17) is 0 Å². The summed E-state index contributed by atoms with van der Waals surface area (Å²) in [5.74, 6) is -0.178. The number of hydrogen-bond acceptors (Lipinski definition) is 2. The molecule has 0 spiro atoms. The van der Waals surface area contributed by atoms with Gasteiger partial charge in [0.15, 0.2) is 0 Å². The van der Waals surface area contributed by atoms with Crippen LogP contribution in [0.5, 0.6) is 0 Å². The Kier molecular flexibility index (Phi) is 5.33. The van der Waals surface area contributed by atoms with Crippen LogP contribution in [0.15, 0.2) is 96.1 Å². The summed E-state index contributed by atoms with van der Waals surface area (Å²) in [5.41, 5.74) is 9.22. The molecule has 0 radical (unpaired) electrons. The lowest BCUT2D eigenvalue weighted by molar-refractivity contribution is -0.122. The molecule has 33 heavy (non-hydrogen) atoms. The zero-order chi connectivity index (χ0) is 23.0. The van der Waals surface area contributed by atoms with Crippen LogP contribution in [0.25, 0.3) is 10.8 Å². The van der Waals surface area contributed by atoms with E-state index < -0.39 is 0 Å². The fourth-order valence-electron chi connectivity index (χ4n) is 4.90. The summed E-state index contributed by atoms with van der Waals surface area (Å²) in [7, 11) is 0. The van der Waals surface area contributed by atoms with E-state index in [0.29, 0.717) is 0 Å². The second kappa shape index (κ2) is 8.32. The van der Waals surface area contributed by atoms with Crippen LogP contribution in [-0.4, -0.2) is 11.6 Å². The maximum atomic E-state index is 13.3. The van der Waals surface area contributed by atoms with Crippen molar-refractivity contribution in [2.45, 2.75) is 32.6 Å². The van der Waals surface area contributed by atoms with Crippen molar-refractivity contribution in [3.05, 3.63) is 119 Å². The van der Waals surface area contributed by atoms with Crippen LogP contribution >= 0.6 is 0 Å². The summed E-state index contributed by atoms with van der Waals surface area (Å²) in [6.07, 6.45) is 0.786. The van der Waals surface area contributed by atoms with Gasteiger partial charge in [0, 0.05) is 11.0 Å². The number of amides is 1. The summed E-state index contributed by atoms with van der Waals surface area (Å²) < 4.78 is 0. The number of nitrogens with zero attached hydrogens (tertiary/aromatic N) is 1. The first kappa shape index (κ1) is 21.1. The summed E-state index contributed by atoms with van der Waals surface area (Å²) >= 11 is 0. The number of nitrogens with one attached hydrogen (secondary N) is 1. The van der Waals surface area contributed by atoms with Gasteiger partial charge in [0.2, 0.25) is 5.91 Å². The van der Waals surface area contributed by atoms with Crippen molar-refractivity contribution in [3.8, 4) is 0 Å². The molecule has 0 saturated heterocycles.